The van der Waals surface area contributed by atoms with Crippen LogP contribution in [-0.4, -0.2) is 88.6 Å². The summed E-state index contributed by atoms with van der Waals surface area (Å²) in [5, 5.41) is 3.69. The molecule has 2 aliphatic rings. The zero-order valence-corrected chi connectivity index (χ0v) is 23.5. The molecule has 9 nitrogen and oxygen atoms in total. The molecule has 2 amide bonds. The van der Waals surface area contributed by atoms with Crippen molar-refractivity contribution < 1.29 is 18.0 Å². The van der Waals surface area contributed by atoms with Crippen LogP contribution >= 0.6 is 11.6 Å². The van der Waals surface area contributed by atoms with Gasteiger partial charge in [-0.15, -0.1) is 0 Å². The molecule has 2 aliphatic heterocycles. The number of hydrogen-bond donors (Lipinski definition) is 2. The van der Waals surface area contributed by atoms with E-state index in [2.05, 4.69) is 26.9 Å². The van der Waals surface area contributed by atoms with E-state index in [0.29, 0.717) is 43.3 Å². The molecule has 2 aromatic carbocycles. The number of anilines is 2. The second-order valence-electron chi connectivity index (χ2n) is 10.2. The first-order chi connectivity index (χ1) is 18.1. The Hall–Kier alpha value is -2.82. The molecule has 4 rings (SSSR count). The number of likely N-dealkylation sites (tertiary alicyclic amines) is 1. The van der Waals surface area contributed by atoms with Gasteiger partial charge in [-0.2, -0.15) is 0 Å². The summed E-state index contributed by atoms with van der Waals surface area (Å²) < 4.78 is 26.2. The Morgan fingerprint density at radius 2 is 1.61 bits per heavy atom. The Morgan fingerprint density at radius 3 is 2.24 bits per heavy atom. The fourth-order valence-electron chi connectivity index (χ4n) is 5.04. The maximum Gasteiger partial charge on any atom is 0.245 e. The Labute approximate surface area is 230 Å². The molecule has 0 unspecified atom stereocenters. The van der Waals surface area contributed by atoms with Crippen molar-refractivity contribution in [2.75, 3.05) is 62.2 Å². The molecule has 0 bridgehead atoms. The highest BCUT2D eigenvalue weighted by atomic mass is 35.5. The SMILES string of the molecule is CN1CCC(C(=O)N[C@H](Cc2ccc(Cl)cc2)C(=O)N2CCN(c3ccccc3NS(C)(=O)=O)CC2)CC1. The summed E-state index contributed by atoms with van der Waals surface area (Å²) in [7, 11) is -1.37. The van der Waals surface area contributed by atoms with Crippen LogP contribution in [0.4, 0.5) is 11.4 Å². The first-order valence-corrected chi connectivity index (χ1v) is 15.2. The summed E-state index contributed by atoms with van der Waals surface area (Å²) in [6.45, 7) is 3.76. The summed E-state index contributed by atoms with van der Waals surface area (Å²) in [5.74, 6) is -0.268. The lowest BCUT2D eigenvalue weighted by Crippen LogP contribution is -2.56. The Balaban J connectivity index is 1.44. The quantitative estimate of drug-likeness (QED) is 0.513. The first kappa shape index (κ1) is 28.2. The average Bonchev–Trinajstić information content (AvgIpc) is 2.89. The molecule has 1 atom stereocenters. The molecule has 0 radical (unpaired) electrons. The van der Waals surface area contributed by atoms with E-state index in [-0.39, 0.29) is 17.7 Å². The molecule has 2 saturated heterocycles. The van der Waals surface area contributed by atoms with Gasteiger partial charge in [-0.3, -0.25) is 14.3 Å². The molecule has 2 aromatic rings. The largest absolute Gasteiger partial charge is 0.366 e. The third-order valence-electron chi connectivity index (χ3n) is 7.19. The van der Waals surface area contributed by atoms with Gasteiger partial charge in [-0.1, -0.05) is 35.9 Å². The molecule has 2 fully saturated rings. The van der Waals surface area contributed by atoms with Crippen LogP contribution in [0.3, 0.4) is 0 Å². The van der Waals surface area contributed by atoms with Gasteiger partial charge >= 0.3 is 0 Å². The highest BCUT2D eigenvalue weighted by molar-refractivity contribution is 7.92. The van der Waals surface area contributed by atoms with E-state index in [0.717, 1.165) is 43.4 Å². The van der Waals surface area contributed by atoms with Gasteiger partial charge in [0.1, 0.15) is 6.04 Å². The summed E-state index contributed by atoms with van der Waals surface area (Å²) >= 11 is 6.05. The predicted octanol–water partition coefficient (Wildman–Crippen LogP) is 2.43. The Kier molecular flexibility index (Phi) is 9.17. The van der Waals surface area contributed by atoms with Gasteiger partial charge in [0, 0.05) is 43.5 Å². The molecule has 11 heteroatoms. The number of nitrogens with zero attached hydrogens (tertiary/aromatic N) is 3. The van der Waals surface area contributed by atoms with E-state index in [4.69, 9.17) is 11.6 Å². The van der Waals surface area contributed by atoms with Crippen LogP contribution < -0.4 is 14.9 Å². The van der Waals surface area contributed by atoms with Crippen molar-refractivity contribution in [3.05, 3.63) is 59.1 Å². The molecule has 0 aromatic heterocycles. The number of carbonyl (C=O) groups excluding carboxylic acids is 2. The lowest BCUT2D eigenvalue weighted by atomic mass is 9.95. The maximum absolute atomic E-state index is 13.7. The number of rotatable bonds is 8. The fourth-order valence-corrected chi connectivity index (χ4v) is 5.74. The number of piperazine rings is 1. The van der Waals surface area contributed by atoms with E-state index < -0.39 is 16.1 Å². The zero-order valence-electron chi connectivity index (χ0n) is 21.9. The number of benzene rings is 2. The van der Waals surface area contributed by atoms with E-state index >= 15 is 0 Å². The van der Waals surface area contributed by atoms with Crippen molar-refractivity contribution in [1.29, 1.82) is 0 Å². The van der Waals surface area contributed by atoms with Gasteiger partial charge in [-0.05, 0) is 62.8 Å². The number of amides is 2. The lowest BCUT2D eigenvalue weighted by Gasteiger charge is -2.38. The zero-order chi connectivity index (χ0) is 27.3. The van der Waals surface area contributed by atoms with Gasteiger partial charge in [0.05, 0.1) is 17.6 Å². The minimum Gasteiger partial charge on any atom is -0.366 e. The van der Waals surface area contributed by atoms with E-state index in [9.17, 15) is 18.0 Å². The van der Waals surface area contributed by atoms with Gasteiger partial charge in [0.25, 0.3) is 0 Å². The van der Waals surface area contributed by atoms with Gasteiger partial charge < -0.3 is 20.0 Å². The highest BCUT2D eigenvalue weighted by Gasteiger charge is 2.32. The van der Waals surface area contributed by atoms with Crippen molar-refractivity contribution in [3.8, 4) is 0 Å². The number of piperidine rings is 1. The van der Waals surface area contributed by atoms with Crippen LogP contribution in [0.5, 0.6) is 0 Å². The van der Waals surface area contributed by atoms with Crippen LogP contribution in [-0.2, 0) is 26.0 Å². The van der Waals surface area contributed by atoms with Crippen LogP contribution in [0.25, 0.3) is 0 Å². The molecule has 38 heavy (non-hydrogen) atoms. The van der Waals surface area contributed by atoms with Crippen LogP contribution in [0.15, 0.2) is 48.5 Å². The number of hydrogen-bond acceptors (Lipinski definition) is 6. The normalized spacial score (nSPS) is 18.2. The van der Waals surface area contributed by atoms with E-state index in [1.807, 2.05) is 24.3 Å². The molecule has 0 saturated carbocycles. The minimum atomic E-state index is -3.42. The van der Waals surface area contributed by atoms with E-state index in [1.54, 1.807) is 29.2 Å². The minimum absolute atomic E-state index is 0.0650. The Morgan fingerprint density at radius 1 is 0.974 bits per heavy atom. The lowest BCUT2D eigenvalue weighted by molar-refractivity contribution is -0.138. The smallest absolute Gasteiger partial charge is 0.245 e. The summed E-state index contributed by atoms with van der Waals surface area (Å²) in [4.78, 5) is 32.9. The highest BCUT2D eigenvalue weighted by Crippen LogP contribution is 2.27. The third kappa shape index (κ3) is 7.61. The summed E-state index contributed by atoms with van der Waals surface area (Å²) in [6.07, 6.45) is 3.07. The van der Waals surface area contributed by atoms with Crippen molar-refractivity contribution in [1.82, 2.24) is 15.1 Å². The van der Waals surface area contributed by atoms with Gasteiger partial charge in [-0.25, -0.2) is 8.42 Å². The number of nitrogens with one attached hydrogen (secondary N) is 2. The fraction of sp³-hybridized carbons (Fsp3) is 0.481. The molecule has 206 valence electrons. The van der Waals surface area contributed by atoms with Crippen LogP contribution in [0.2, 0.25) is 5.02 Å². The molecule has 0 aliphatic carbocycles. The van der Waals surface area contributed by atoms with Gasteiger partial charge in [0.15, 0.2) is 0 Å². The Bertz CT molecular complexity index is 1220. The van der Waals surface area contributed by atoms with Crippen molar-refractivity contribution in [3.63, 3.8) is 0 Å². The molecule has 0 spiro atoms. The van der Waals surface area contributed by atoms with Crippen molar-refractivity contribution >= 4 is 44.8 Å². The van der Waals surface area contributed by atoms with Gasteiger partial charge in [0.2, 0.25) is 21.8 Å². The summed E-state index contributed by atoms with van der Waals surface area (Å²) in [5.41, 5.74) is 2.22. The number of halogens is 1. The second kappa shape index (κ2) is 12.4. The standard InChI is InChI=1S/C27H36ClN5O4S/c1-31-13-11-21(12-14-31)26(34)29-24(19-20-7-9-22(28)10-8-20)27(35)33-17-15-32(16-18-33)25-6-4-3-5-23(25)30-38(2,36)37/h3-10,21,24,30H,11-19H2,1-2H3,(H,29,34)/t24-/m1/s1. The second-order valence-corrected chi connectivity index (χ2v) is 12.4. The number of carbonyl (C=O) groups is 2. The van der Waals surface area contributed by atoms with Crippen LogP contribution in [0.1, 0.15) is 18.4 Å². The maximum atomic E-state index is 13.7. The monoisotopic (exact) mass is 561 g/mol. The van der Waals surface area contributed by atoms with Crippen LogP contribution in [0, 0.1) is 5.92 Å². The molecular formula is C27H36ClN5O4S. The topological polar surface area (TPSA) is 102 Å². The first-order valence-electron chi connectivity index (χ1n) is 12.9. The van der Waals surface area contributed by atoms with Crippen molar-refractivity contribution in [2.24, 2.45) is 5.92 Å². The molecular weight excluding hydrogens is 526 g/mol. The molecule has 2 N–H and O–H groups in total. The summed E-state index contributed by atoms with van der Waals surface area (Å²) in [6, 6.07) is 13.9. The predicted molar refractivity (Wildman–Crippen MR) is 151 cm³/mol. The van der Waals surface area contributed by atoms with Crippen molar-refractivity contribution in [2.45, 2.75) is 25.3 Å². The van der Waals surface area contributed by atoms with E-state index in [1.165, 1.54) is 0 Å². The third-order valence-corrected chi connectivity index (χ3v) is 8.03. The molecule has 2 heterocycles. The average molecular weight is 562 g/mol. The number of sulfonamides is 1. The number of para-hydroxylation sites is 2.